The number of fused-ring (bicyclic) bond motifs is 1. The summed E-state index contributed by atoms with van der Waals surface area (Å²) in [5.74, 6) is 1.92. The second kappa shape index (κ2) is 5.38. The first-order chi connectivity index (χ1) is 9.22. The standard InChI is InChI=1S/C12H14ClN5S/c1-18-7-8(6-15-18)2-4-14-11-10-9(3-5-19-10)16-12(13)17-11/h6-7H,2-5H2,1H3,(H,14,16,17). The van der Waals surface area contributed by atoms with E-state index in [1.165, 1.54) is 5.56 Å². The lowest BCUT2D eigenvalue weighted by molar-refractivity contribution is 0.766. The summed E-state index contributed by atoms with van der Waals surface area (Å²) in [5, 5.41) is 7.83. The number of hydrogen-bond donors (Lipinski definition) is 1. The normalized spacial score (nSPS) is 13.6. The molecule has 19 heavy (non-hydrogen) atoms. The van der Waals surface area contributed by atoms with Gasteiger partial charge in [-0.2, -0.15) is 10.1 Å². The predicted octanol–water partition coefficient (Wildman–Crippen LogP) is 2.17. The number of aryl methyl sites for hydroxylation is 2. The fraction of sp³-hybridized carbons (Fsp3) is 0.417. The molecule has 0 amide bonds. The molecule has 0 spiro atoms. The zero-order valence-corrected chi connectivity index (χ0v) is 12.1. The van der Waals surface area contributed by atoms with Gasteiger partial charge in [-0.15, -0.1) is 11.8 Å². The quantitative estimate of drug-likeness (QED) is 0.876. The van der Waals surface area contributed by atoms with Crippen LogP contribution in [0.5, 0.6) is 0 Å². The lowest BCUT2D eigenvalue weighted by Crippen LogP contribution is -2.08. The number of nitrogens with zero attached hydrogens (tertiary/aromatic N) is 4. The van der Waals surface area contributed by atoms with Crippen LogP contribution in [-0.2, 0) is 19.9 Å². The summed E-state index contributed by atoms with van der Waals surface area (Å²) >= 11 is 7.73. The fourth-order valence-corrected chi connectivity index (χ4v) is 3.34. The number of rotatable bonds is 4. The Morgan fingerprint density at radius 2 is 2.37 bits per heavy atom. The molecule has 0 saturated heterocycles. The van der Waals surface area contributed by atoms with Gasteiger partial charge >= 0.3 is 0 Å². The molecule has 0 fully saturated rings. The van der Waals surface area contributed by atoms with Crippen LogP contribution in [0, 0.1) is 0 Å². The van der Waals surface area contributed by atoms with Gasteiger partial charge in [-0.25, -0.2) is 4.98 Å². The summed E-state index contributed by atoms with van der Waals surface area (Å²) < 4.78 is 1.81. The van der Waals surface area contributed by atoms with Gasteiger partial charge in [0.25, 0.3) is 0 Å². The molecule has 3 rings (SSSR count). The summed E-state index contributed by atoms with van der Waals surface area (Å²) in [6.45, 7) is 0.812. The first-order valence-electron chi connectivity index (χ1n) is 6.13. The van der Waals surface area contributed by atoms with Crippen LogP contribution in [0.4, 0.5) is 5.82 Å². The highest BCUT2D eigenvalue weighted by Gasteiger charge is 2.19. The lowest BCUT2D eigenvalue weighted by Gasteiger charge is -2.09. The van der Waals surface area contributed by atoms with E-state index in [2.05, 4.69) is 20.4 Å². The predicted molar refractivity (Wildman–Crippen MR) is 76.9 cm³/mol. The summed E-state index contributed by atoms with van der Waals surface area (Å²) in [6, 6.07) is 0. The minimum atomic E-state index is 0.324. The van der Waals surface area contributed by atoms with Crippen LogP contribution in [0.25, 0.3) is 0 Å². The van der Waals surface area contributed by atoms with Gasteiger partial charge in [0.05, 0.1) is 16.8 Å². The number of thioether (sulfide) groups is 1. The van der Waals surface area contributed by atoms with E-state index in [0.29, 0.717) is 5.28 Å². The summed E-state index contributed by atoms with van der Waals surface area (Å²) in [7, 11) is 1.92. The Labute approximate surface area is 120 Å². The van der Waals surface area contributed by atoms with Crippen LogP contribution >= 0.6 is 23.4 Å². The van der Waals surface area contributed by atoms with Gasteiger partial charge in [0.1, 0.15) is 5.82 Å². The molecular weight excluding hydrogens is 282 g/mol. The van der Waals surface area contributed by atoms with E-state index in [4.69, 9.17) is 11.6 Å². The maximum absolute atomic E-state index is 5.94. The van der Waals surface area contributed by atoms with Gasteiger partial charge in [-0.05, 0) is 23.6 Å². The van der Waals surface area contributed by atoms with Gasteiger partial charge in [-0.1, -0.05) is 0 Å². The number of nitrogens with one attached hydrogen (secondary N) is 1. The monoisotopic (exact) mass is 295 g/mol. The van der Waals surface area contributed by atoms with E-state index < -0.39 is 0 Å². The van der Waals surface area contributed by atoms with Crippen molar-refractivity contribution in [3.63, 3.8) is 0 Å². The average Bonchev–Trinajstić information content (AvgIpc) is 2.98. The van der Waals surface area contributed by atoms with E-state index in [1.807, 2.05) is 24.1 Å². The molecule has 1 aliphatic heterocycles. The fourth-order valence-electron chi connectivity index (χ4n) is 2.08. The molecule has 0 radical (unpaired) electrons. The van der Waals surface area contributed by atoms with Crippen LogP contribution in [0.2, 0.25) is 5.28 Å². The molecule has 2 aromatic rings. The van der Waals surface area contributed by atoms with Crippen molar-refractivity contribution in [1.29, 1.82) is 0 Å². The molecule has 7 heteroatoms. The molecule has 1 aliphatic rings. The summed E-state index contributed by atoms with van der Waals surface area (Å²) in [6.07, 6.45) is 5.79. The van der Waals surface area contributed by atoms with E-state index >= 15 is 0 Å². The molecular formula is C12H14ClN5S. The third kappa shape index (κ3) is 2.84. The first-order valence-corrected chi connectivity index (χ1v) is 7.49. The van der Waals surface area contributed by atoms with E-state index in [0.717, 1.165) is 41.5 Å². The van der Waals surface area contributed by atoms with E-state index in [-0.39, 0.29) is 0 Å². The second-order valence-corrected chi connectivity index (χ2v) is 5.86. The first kappa shape index (κ1) is 12.7. The number of hydrogen-bond acceptors (Lipinski definition) is 5. The minimum Gasteiger partial charge on any atom is -0.369 e. The Kier molecular flexibility index (Phi) is 3.61. The van der Waals surface area contributed by atoms with Crippen LogP contribution in [-0.4, -0.2) is 32.0 Å². The third-order valence-electron chi connectivity index (χ3n) is 2.96. The van der Waals surface area contributed by atoms with Crippen molar-refractivity contribution in [2.24, 2.45) is 7.05 Å². The molecule has 1 N–H and O–H groups in total. The van der Waals surface area contributed by atoms with Crippen molar-refractivity contribution in [1.82, 2.24) is 19.7 Å². The smallest absolute Gasteiger partial charge is 0.224 e. The highest BCUT2D eigenvalue weighted by Crippen LogP contribution is 2.35. The van der Waals surface area contributed by atoms with Crippen LogP contribution in [0.3, 0.4) is 0 Å². The second-order valence-electron chi connectivity index (χ2n) is 4.41. The van der Waals surface area contributed by atoms with Gasteiger partial charge in [0.15, 0.2) is 0 Å². The average molecular weight is 296 g/mol. The number of aromatic nitrogens is 4. The highest BCUT2D eigenvalue weighted by atomic mass is 35.5. The summed E-state index contributed by atoms with van der Waals surface area (Å²) in [4.78, 5) is 9.70. The molecule has 3 heterocycles. The molecule has 100 valence electrons. The topological polar surface area (TPSA) is 55.6 Å². The molecule has 0 saturated carbocycles. The SMILES string of the molecule is Cn1cc(CCNc2nc(Cl)nc3c2SCC3)cn1. The van der Waals surface area contributed by atoms with Crippen molar-refractivity contribution in [2.75, 3.05) is 17.6 Å². The van der Waals surface area contributed by atoms with Crippen molar-refractivity contribution in [2.45, 2.75) is 17.7 Å². The summed E-state index contributed by atoms with van der Waals surface area (Å²) in [5.41, 5.74) is 2.27. The molecule has 2 aromatic heterocycles. The van der Waals surface area contributed by atoms with E-state index in [9.17, 15) is 0 Å². The molecule has 0 aliphatic carbocycles. The molecule has 0 atom stereocenters. The lowest BCUT2D eigenvalue weighted by atomic mass is 10.2. The van der Waals surface area contributed by atoms with Crippen molar-refractivity contribution in [3.05, 3.63) is 28.9 Å². The Morgan fingerprint density at radius 1 is 1.47 bits per heavy atom. The number of anilines is 1. The Bertz CT molecular complexity index is 598. The van der Waals surface area contributed by atoms with Gasteiger partial charge < -0.3 is 5.32 Å². The van der Waals surface area contributed by atoms with Crippen LogP contribution in [0.1, 0.15) is 11.3 Å². The Morgan fingerprint density at radius 3 is 3.16 bits per heavy atom. The Hall–Kier alpha value is -1.27. The zero-order chi connectivity index (χ0) is 13.2. The Balaban J connectivity index is 1.67. The van der Waals surface area contributed by atoms with Crippen LogP contribution in [0.15, 0.2) is 17.3 Å². The van der Waals surface area contributed by atoms with Gasteiger partial charge in [0, 0.05) is 32.0 Å². The van der Waals surface area contributed by atoms with Gasteiger partial charge in [-0.3, -0.25) is 4.68 Å². The highest BCUT2D eigenvalue weighted by molar-refractivity contribution is 7.99. The van der Waals surface area contributed by atoms with Crippen molar-refractivity contribution >= 4 is 29.2 Å². The van der Waals surface area contributed by atoms with Crippen molar-refractivity contribution in [3.8, 4) is 0 Å². The maximum Gasteiger partial charge on any atom is 0.224 e. The molecule has 5 nitrogen and oxygen atoms in total. The molecule has 0 aromatic carbocycles. The molecule has 0 bridgehead atoms. The largest absolute Gasteiger partial charge is 0.369 e. The maximum atomic E-state index is 5.94. The van der Waals surface area contributed by atoms with Gasteiger partial charge in [0.2, 0.25) is 5.28 Å². The van der Waals surface area contributed by atoms with Crippen LogP contribution < -0.4 is 5.32 Å². The number of halogens is 1. The molecule has 0 unspecified atom stereocenters. The third-order valence-corrected chi connectivity index (χ3v) is 4.25. The zero-order valence-electron chi connectivity index (χ0n) is 10.6. The van der Waals surface area contributed by atoms with E-state index in [1.54, 1.807) is 11.8 Å². The minimum absolute atomic E-state index is 0.324. The van der Waals surface area contributed by atoms with Crippen molar-refractivity contribution < 1.29 is 0 Å².